The number of hydrogen-bond acceptors (Lipinski definition) is 5. The lowest BCUT2D eigenvalue weighted by Gasteiger charge is -2.33. The molecule has 0 amide bonds. The summed E-state index contributed by atoms with van der Waals surface area (Å²) in [6.45, 7) is 1.84. The number of rotatable bonds is 4. The van der Waals surface area contributed by atoms with E-state index >= 15 is 0 Å². The maximum absolute atomic E-state index is 13.1. The first kappa shape index (κ1) is 21.1. The first-order chi connectivity index (χ1) is 14.3. The highest BCUT2D eigenvalue weighted by Gasteiger charge is 2.34. The molecule has 1 N–H and O–H groups in total. The number of alkyl halides is 3. The number of likely N-dealkylation sites (tertiary alicyclic amines) is 1. The van der Waals surface area contributed by atoms with Crippen molar-refractivity contribution < 1.29 is 23.0 Å². The van der Waals surface area contributed by atoms with Crippen molar-refractivity contribution in [3.8, 4) is 17.0 Å². The smallest absolute Gasteiger partial charge is 0.416 e. The van der Waals surface area contributed by atoms with E-state index in [-0.39, 0.29) is 11.7 Å². The number of ether oxygens (including phenoxy) is 1. The minimum absolute atomic E-state index is 0.106. The quantitative estimate of drug-likeness (QED) is 0.808. The summed E-state index contributed by atoms with van der Waals surface area (Å²) in [5.41, 5.74) is 2.85. The Kier molecular flexibility index (Phi) is 5.72. The van der Waals surface area contributed by atoms with Crippen LogP contribution >= 0.6 is 0 Å². The van der Waals surface area contributed by atoms with Gasteiger partial charge < -0.3 is 14.7 Å². The van der Waals surface area contributed by atoms with Gasteiger partial charge in [0.05, 0.1) is 18.4 Å². The predicted molar refractivity (Wildman–Crippen MR) is 106 cm³/mol. The molecule has 0 spiro atoms. The number of aromatic nitrogens is 2. The van der Waals surface area contributed by atoms with Gasteiger partial charge in [-0.15, -0.1) is 5.10 Å². The lowest BCUT2D eigenvalue weighted by Crippen LogP contribution is -2.35. The van der Waals surface area contributed by atoms with Crippen LogP contribution in [-0.4, -0.2) is 47.5 Å². The third-order valence-corrected chi connectivity index (χ3v) is 6.24. The number of aliphatic hydroxyl groups is 1. The van der Waals surface area contributed by atoms with Gasteiger partial charge in [0.2, 0.25) is 0 Å². The lowest BCUT2D eigenvalue weighted by molar-refractivity contribution is -0.137. The van der Waals surface area contributed by atoms with Crippen molar-refractivity contribution in [2.75, 3.05) is 27.2 Å². The third kappa shape index (κ3) is 3.90. The van der Waals surface area contributed by atoms with Crippen molar-refractivity contribution in [3.05, 3.63) is 40.6 Å². The molecule has 1 aliphatic carbocycles. The number of halogens is 3. The van der Waals surface area contributed by atoms with Crippen LogP contribution in [0.3, 0.4) is 0 Å². The summed E-state index contributed by atoms with van der Waals surface area (Å²) in [6, 6.07) is 3.44. The topological polar surface area (TPSA) is 58.5 Å². The number of benzene rings is 1. The van der Waals surface area contributed by atoms with Crippen molar-refractivity contribution in [2.45, 2.75) is 44.4 Å². The van der Waals surface area contributed by atoms with Crippen LogP contribution in [0.25, 0.3) is 11.3 Å². The van der Waals surface area contributed by atoms with Crippen LogP contribution in [0.4, 0.5) is 13.2 Å². The molecular weight excluding hydrogens is 395 g/mol. The van der Waals surface area contributed by atoms with Gasteiger partial charge in [0, 0.05) is 18.0 Å². The normalized spacial score (nSPS) is 20.8. The van der Waals surface area contributed by atoms with Crippen LogP contribution in [0.5, 0.6) is 5.75 Å². The molecule has 1 saturated heterocycles. The monoisotopic (exact) mass is 421 g/mol. The molecule has 2 aromatic rings. The van der Waals surface area contributed by atoms with E-state index in [1.807, 2.05) is 0 Å². The Labute approximate surface area is 173 Å². The van der Waals surface area contributed by atoms with E-state index in [9.17, 15) is 18.3 Å². The highest BCUT2D eigenvalue weighted by molar-refractivity contribution is 5.72. The minimum atomic E-state index is -4.44. The van der Waals surface area contributed by atoms with Crippen LogP contribution in [0, 0.1) is 5.92 Å². The molecule has 2 aliphatic rings. The average molecular weight is 421 g/mol. The summed E-state index contributed by atoms with van der Waals surface area (Å²) in [7, 11) is 3.40. The average Bonchev–Trinajstić information content (AvgIpc) is 3.21. The number of aliphatic hydroxyl groups excluding tert-OH is 1. The number of methoxy groups -OCH3 is 1. The van der Waals surface area contributed by atoms with Gasteiger partial charge in [0.1, 0.15) is 17.5 Å². The molecule has 162 valence electrons. The van der Waals surface area contributed by atoms with E-state index in [0.717, 1.165) is 68.5 Å². The van der Waals surface area contributed by atoms with E-state index in [4.69, 9.17) is 4.74 Å². The molecule has 30 heavy (non-hydrogen) atoms. The molecule has 2 atom stereocenters. The second kappa shape index (κ2) is 8.15. The fraction of sp³-hybridized carbons (Fsp3) is 0.545. The fourth-order valence-corrected chi connectivity index (χ4v) is 4.72. The highest BCUT2D eigenvalue weighted by atomic mass is 19.4. The zero-order chi connectivity index (χ0) is 21.5. The van der Waals surface area contributed by atoms with E-state index in [2.05, 4.69) is 22.1 Å². The van der Waals surface area contributed by atoms with Gasteiger partial charge in [-0.05, 0) is 75.0 Å². The maximum atomic E-state index is 13.1. The van der Waals surface area contributed by atoms with Crippen LogP contribution < -0.4 is 4.74 Å². The zero-order valence-corrected chi connectivity index (χ0v) is 17.2. The van der Waals surface area contributed by atoms with Gasteiger partial charge in [0.25, 0.3) is 0 Å². The van der Waals surface area contributed by atoms with E-state index in [1.54, 1.807) is 0 Å². The molecule has 2 heterocycles. The molecule has 8 heteroatoms. The Morgan fingerprint density at radius 1 is 1.17 bits per heavy atom. The first-order valence-corrected chi connectivity index (χ1v) is 10.3. The lowest BCUT2D eigenvalue weighted by atomic mass is 9.88. The molecule has 4 rings (SSSR count). The highest BCUT2D eigenvalue weighted by Crippen LogP contribution is 2.41. The van der Waals surface area contributed by atoms with Gasteiger partial charge in [-0.3, -0.25) is 0 Å². The predicted octanol–water partition coefficient (Wildman–Crippen LogP) is 4.03. The fourth-order valence-electron chi connectivity index (χ4n) is 4.72. The van der Waals surface area contributed by atoms with Crippen LogP contribution in [0.1, 0.15) is 47.8 Å². The third-order valence-electron chi connectivity index (χ3n) is 6.24. The second-order valence-electron chi connectivity index (χ2n) is 8.27. The van der Waals surface area contributed by atoms with Crippen molar-refractivity contribution in [1.82, 2.24) is 15.1 Å². The molecule has 0 saturated carbocycles. The summed E-state index contributed by atoms with van der Waals surface area (Å²) in [4.78, 5) is 2.21. The summed E-state index contributed by atoms with van der Waals surface area (Å²) in [6.07, 6.45) is -0.699. The second-order valence-corrected chi connectivity index (χ2v) is 8.27. The van der Waals surface area contributed by atoms with Gasteiger partial charge in [-0.2, -0.15) is 18.3 Å². The molecule has 1 aromatic heterocycles. The van der Waals surface area contributed by atoms with E-state index in [1.165, 1.54) is 13.2 Å². The Morgan fingerprint density at radius 2 is 1.93 bits per heavy atom. The molecule has 1 fully saturated rings. The Morgan fingerprint density at radius 3 is 2.63 bits per heavy atom. The number of piperidine rings is 1. The van der Waals surface area contributed by atoms with Crippen LogP contribution in [0.15, 0.2) is 18.2 Å². The minimum Gasteiger partial charge on any atom is -0.496 e. The Hall–Kier alpha value is -2.19. The molecule has 5 nitrogen and oxygen atoms in total. The molecular formula is C22H26F3N3O2. The number of hydrogen-bond donors (Lipinski definition) is 1. The van der Waals surface area contributed by atoms with Crippen molar-refractivity contribution in [3.63, 3.8) is 0 Å². The largest absolute Gasteiger partial charge is 0.496 e. The van der Waals surface area contributed by atoms with Crippen molar-refractivity contribution in [1.29, 1.82) is 0 Å². The number of fused-ring (bicyclic) bond motifs is 1. The zero-order valence-electron chi connectivity index (χ0n) is 17.2. The van der Waals surface area contributed by atoms with Gasteiger partial charge >= 0.3 is 6.18 Å². The van der Waals surface area contributed by atoms with Crippen molar-refractivity contribution >= 4 is 0 Å². The van der Waals surface area contributed by atoms with Gasteiger partial charge in [-0.1, -0.05) is 0 Å². The van der Waals surface area contributed by atoms with E-state index < -0.39 is 17.8 Å². The van der Waals surface area contributed by atoms with Gasteiger partial charge in [0.15, 0.2) is 0 Å². The van der Waals surface area contributed by atoms with E-state index in [0.29, 0.717) is 17.0 Å². The molecule has 1 aliphatic heterocycles. The Bertz CT molecular complexity index is 933. The summed E-state index contributed by atoms with van der Waals surface area (Å²) < 4.78 is 44.5. The van der Waals surface area contributed by atoms with Crippen molar-refractivity contribution in [2.24, 2.45) is 5.92 Å². The Balaban J connectivity index is 1.73. The summed E-state index contributed by atoms with van der Waals surface area (Å²) in [5.74, 6) is 0.227. The summed E-state index contributed by atoms with van der Waals surface area (Å²) in [5, 5.41) is 19.8. The summed E-state index contributed by atoms with van der Waals surface area (Å²) >= 11 is 0. The molecule has 0 unspecified atom stereocenters. The standard InChI is InChI=1S/C22H26F3N3O2/c1-28-10-4-5-13(12-28)21(29)20-16-7-3-6-15(16)19(26-27-20)17-9-8-14(22(23,24)25)11-18(17)30-2/h8-9,11,13,21,29H,3-7,10,12H2,1-2H3/t13-,21+/m0/s1. The SMILES string of the molecule is COc1cc(C(F)(F)F)ccc1-c1nnc([C@H](O)[C@H]2CCCN(C)C2)c2c1CCC2. The first-order valence-electron chi connectivity index (χ1n) is 10.3. The molecule has 1 aromatic carbocycles. The molecule has 0 radical (unpaired) electrons. The molecule has 0 bridgehead atoms. The van der Waals surface area contributed by atoms with Crippen LogP contribution in [-0.2, 0) is 19.0 Å². The number of nitrogens with zero attached hydrogens (tertiary/aromatic N) is 3. The maximum Gasteiger partial charge on any atom is 0.416 e. The van der Waals surface area contributed by atoms with Gasteiger partial charge in [-0.25, -0.2) is 0 Å². The van der Waals surface area contributed by atoms with Crippen LogP contribution in [0.2, 0.25) is 0 Å².